The molecule has 3 rings (SSSR count). The maximum Gasteiger partial charge on any atom is 0.119 e. The van der Waals surface area contributed by atoms with E-state index >= 15 is 0 Å². The second kappa shape index (κ2) is 6.90. The molecule has 1 heterocycles. The van der Waals surface area contributed by atoms with E-state index in [1.54, 1.807) is 7.11 Å². The molecule has 2 heteroatoms. The summed E-state index contributed by atoms with van der Waals surface area (Å²) in [6, 6.07) is 22.8. The van der Waals surface area contributed by atoms with Gasteiger partial charge in [-0.3, -0.25) is 4.98 Å². The van der Waals surface area contributed by atoms with Crippen molar-refractivity contribution in [3.63, 3.8) is 0 Å². The van der Waals surface area contributed by atoms with Crippen LogP contribution in [0.4, 0.5) is 0 Å². The van der Waals surface area contributed by atoms with Gasteiger partial charge in [0.25, 0.3) is 0 Å². The van der Waals surface area contributed by atoms with Gasteiger partial charge in [0, 0.05) is 11.8 Å². The largest absolute Gasteiger partial charge is 0.497 e. The zero-order chi connectivity index (χ0) is 15.2. The number of aryl methyl sites for hydroxylation is 2. The van der Waals surface area contributed by atoms with Crippen molar-refractivity contribution >= 4 is 0 Å². The van der Waals surface area contributed by atoms with Crippen molar-refractivity contribution in [3.05, 3.63) is 84.1 Å². The first kappa shape index (κ1) is 14.3. The van der Waals surface area contributed by atoms with E-state index in [1.807, 2.05) is 36.5 Å². The Morgan fingerprint density at radius 3 is 2.41 bits per heavy atom. The molecule has 0 atom stereocenters. The molecule has 0 saturated carbocycles. The third-order valence-electron chi connectivity index (χ3n) is 3.78. The van der Waals surface area contributed by atoms with E-state index in [0.29, 0.717) is 0 Å². The van der Waals surface area contributed by atoms with Gasteiger partial charge in [0.05, 0.1) is 12.8 Å². The van der Waals surface area contributed by atoms with Crippen LogP contribution in [0.3, 0.4) is 0 Å². The summed E-state index contributed by atoms with van der Waals surface area (Å²) in [6.45, 7) is 0. The summed E-state index contributed by atoms with van der Waals surface area (Å²) in [5, 5.41) is 0. The van der Waals surface area contributed by atoms with Crippen LogP contribution >= 0.6 is 0 Å². The van der Waals surface area contributed by atoms with Gasteiger partial charge in [0.1, 0.15) is 5.75 Å². The Hall–Kier alpha value is -2.61. The highest BCUT2D eigenvalue weighted by molar-refractivity contribution is 5.65. The Labute approximate surface area is 131 Å². The highest BCUT2D eigenvalue weighted by atomic mass is 16.5. The zero-order valence-electron chi connectivity index (χ0n) is 12.7. The molecule has 0 saturated heterocycles. The summed E-state index contributed by atoms with van der Waals surface area (Å²) in [7, 11) is 1.71. The molecular formula is C20H19NO. The monoisotopic (exact) mass is 289 g/mol. The van der Waals surface area contributed by atoms with Gasteiger partial charge in [-0.1, -0.05) is 36.4 Å². The lowest BCUT2D eigenvalue weighted by atomic mass is 9.97. The van der Waals surface area contributed by atoms with Crippen molar-refractivity contribution < 1.29 is 4.74 Å². The number of benzene rings is 2. The standard InChI is InChI=1S/C20H19NO/c1-22-18-12-13-19(20-9-5-6-14-21-20)17(15-18)11-10-16-7-3-2-4-8-16/h2-9,12-15H,10-11H2,1H3. The number of nitrogens with zero attached hydrogens (tertiary/aromatic N) is 1. The molecule has 3 aromatic rings. The second-order valence-corrected chi connectivity index (χ2v) is 5.22. The van der Waals surface area contributed by atoms with Gasteiger partial charge < -0.3 is 4.74 Å². The lowest BCUT2D eigenvalue weighted by Gasteiger charge is -2.11. The van der Waals surface area contributed by atoms with Crippen molar-refractivity contribution in [3.8, 4) is 17.0 Å². The minimum absolute atomic E-state index is 0.891. The van der Waals surface area contributed by atoms with Gasteiger partial charge in [0.15, 0.2) is 0 Å². The summed E-state index contributed by atoms with van der Waals surface area (Å²) in [6.07, 6.45) is 3.81. The highest BCUT2D eigenvalue weighted by Gasteiger charge is 2.08. The van der Waals surface area contributed by atoms with E-state index < -0.39 is 0 Å². The molecule has 0 aliphatic rings. The molecule has 0 fully saturated rings. The Kier molecular flexibility index (Phi) is 4.50. The van der Waals surface area contributed by atoms with E-state index in [9.17, 15) is 0 Å². The Morgan fingerprint density at radius 1 is 0.864 bits per heavy atom. The minimum atomic E-state index is 0.891. The number of aromatic nitrogens is 1. The van der Waals surface area contributed by atoms with Gasteiger partial charge in [0.2, 0.25) is 0 Å². The molecular weight excluding hydrogens is 270 g/mol. The topological polar surface area (TPSA) is 22.1 Å². The molecule has 2 aromatic carbocycles. The van der Waals surface area contributed by atoms with Crippen LogP contribution in [-0.2, 0) is 12.8 Å². The van der Waals surface area contributed by atoms with Crippen molar-refractivity contribution in [2.24, 2.45) is 0 Å². The molecule has 2 nitrogen and oxygen atoms in total. The molecule has 0 spiro atoms. The Morgan fingerprint density at radius 2 is 1.68 bits per heavy atom. The molecule has 0 amide bonds. The molecule has 0 bridgehead atoms. The van der Waals surface area contributed by atoms with Crippen LogP contribution in [0.25, 0.3) is 11.3 Å². The summed E-state index contributed by atoms with van der Waals surface area (Å²) in [4.78, 5) is 4.48. The van der Waals surface area contributed by atoms with Crippen LogP contribution in [0, 0.1) is 0 Å². The molecule has 0 unspecified atom stereocenters. The first-order valence-electron chi connectivity index (χ1n) is 7.49. The number of hydrogen-bond acceptors (Lipinski definition) is 2. The van der Waals surface area contributed by atoms with Crippen LogP contribution in [0.5, 0.6) is 5.75 Å². The van der Waals surface area contributed by atoms with Crippen molar-refractivity contribution in [2.75, 3.05) is 7.11 Å². The molecule has 0 N–H and O–H groups in total. The van der Waals surface area contributed by atoms with Gasteiger partial charge in [-0.05, 0) is 54.3 Å². The lowest BCUT2D eigenvalue weighted by molar-refractivity contribution is 0.414. The highest BCUT2D eigenvalue weighted by Crippen LogP contribution is 2.27. The summed E-state index contributed by atoms with van der Waals surface area (Å²) in [5.41, 5.74) is 4.80. The van der Waals surface area contributed by atoms with Crippen LogP contribution in [0.1, 0.15) is 11.1 Å². The molecule has 0 aliphatic heterocycles. The molecule has 0 radical (unpaired) electrons. The quantitative estimate of drug-likeness (QED) is 0.688. The fourth-order valence-electron chi connectivity index (χ4n) is 2.60. The molecule has 110 valence electrons. The van der Waals surface area contributed by atoms with E-state index in [4.69, 9.17) is 4.74 Å². The third kappa shape index (κ3) is 3.34. The zero-order valence-corrected chi connectivity index (χ0v) is 12.7. The van der Waals surface area contributed by atoms with Crippen molar-refractivity contribution in [1.82, 2.24) is 4.98 Å². The van der Waals surface area contributed by atoms with Crippen LogP contribution in [0.15, 0.2) is 72.9 Å². The summed E-state index contributed by atoms with van der Waals surface area (Å²) in [5.74, 6) is 0.891. The normalized spacial score (nSPS) is 10.4. The van der Waals surface area contributed by atoms with E-state index in [2.05, 4.69) is 41.4 Å². The maximum absolute atomic E-state index is 5.38. The number of pyridine rings is 1. The lowest BCUT2D eigenvalue weighted by Crippen LogP contribution is -1.97. The van der Waals surface area contributed by atoms with Gasteiger partial charge >= 0.3 is 0 Å². The first-order valence-corrected chi connectivity index (χ1v) is 7.49. The smallest absolute Gasteiger partial charge is 0.119 e. The number of methoxy groups -OCH3 is 1. The van der Waals surface area contributed by atoms with Crippen LogP contribution in [-0.4, -0.2) is 12.1 Å². The summed E-state index contributed by atoms with van der Waals surface area (Å²) < 4.78 is 5.38. The fourth-order valence-corrected chi connectivity index (χ4v) is 2.60. The molecule has 0 aliphatic carbocycles. The van der Waals surface area contributed by atoms with Crippen LogP contribution in [0.2, 0.25) is 0 Å². The Balaban J connectivity index is 1.90. The number of hydrogen-bond donors (Lipinski definition) is 0. The van der Waals surface area contributed by atoms with Gasteiger partial charge in [-0.25, -0.2) is 0 Å². The predicted molar refractivity (Wildman–Crippen MR) is 90.1 cm³/mol. The van der Waals surface area contributed by atoms with Crippen molar-refractivity contribution in [1.29, 1.82) is 0 Å². The average molecular weight is 289 g/mol. The van der Waals surface area contributed by atoms with E-state index in [0.717, 1.165) is 24.3 Å². The predicted octanol–water partition coefficient (Wildman–Crippen LogP) is 4.54. The maximum atomic E-state index is 5.38. The van der Waals surface area contributed by atoms with Gasteiger partial charge in [-0.15, -0.1) is 0 Å². The SMILES string of the molecule is COc1ccc(-c2ccccn2)c(CCc2ccccc2)c1. The second-order valence-electron chi connectivity index (χ2n) is 5.22. The third-order valence-corrected chi connectivity index (χ3v) is 3.78. The van der Waals surface area contributed by atoms with Crippen molar-refractivity contribution in [2.45, 2.75) is 12.8 Å². The summed E-state index contributed by atoms with van der Waals surface area (Å²) >= 11 is 0. The fraction of sp³-hybridized carbons (Fsp3) is 0.150. The van der Waals surface area contributed by atoms with Crippen LogP contribution < -0.4 is 4.74 Å². The Bertz CT molecular complexity index is 723. The molecule has 1 aromatic heterocycles. The number of rotatable bonds is 5. The minimum Gasteiger partial charge on any atom is -0.497 e. The average Bonchev–Trinajstić information content (AvgIpc) is 2.61. The number of ether oxygens (including phenoxy) is 1. The molecule has 22 heavy (non-hydrogen) atoms. The first-order chi connectivity index (χ1) is 10.9. The van der Waals surface area contributed by atoms with E-state index in [-0.39, 0.29) is 0 Å². The van der Waals surface area contributed by atoms with E-state index in [1.165, 1.54) is 16.7 Å². The van der Waals surface area contributed by atoms with Gasteiger partial charge in [-0.2, -0.15) is 0 Å².